The summed E-state index contributed by atoms with van der Waals surface area (Å²) in [6, 6.07) is 21.9. The summed E-state index contributed by atoms with van der Waals surface area (Å²) in [5, 5.41) is 16.7. The van der Waals surface area contributed by atoms with Crippen molar-refractivity contribution >= 4 is 16.6 Å². The van der Waals surface area contributed by atoms with Gasteiger partial charge in [0.2, 0.25) is 0 Å². The molecule has 2 saturated heterocycles. The Hall–Kier alpha value is -3.63. The van der Waals surface area contributed by atoms with Gasteiger partial charge in [-0.2, -0.15) is 5.10 Å². The molecule has 0 spiro atoms. The molecule has 9 heteroatoms. The van der Waals surface area contributed by atoms with Gasteiger partial charge in [0.15, 0.2) is 6.23 Å². The Bertz CT molecular complexity index is 1450. The van der Waals surface area contributed by atoms with Crippen LogP contribution >= 0.6 is 0 Å². The van der Waals surface area contributed by atoms with E-state index in [0.29, 0.717) is 46.2 Å². The monoisotopic (exact) mass is 587 g/mol. The Morgan fingerprint density at radius 3 is 2.56 bits per heavy atom. The molecule has 9 nitrogen and oxygen atoms in total. The number of rotatable bonds is 13. The second-order valence-corrected chi connectivity index (χ2v) is 11.0. The van der Waals surface area contributed by atoms with E-state index in [2.05, 4.69) is 29.2 Å². The lowest BCUT2D eigenvalue weighted by Crippen LogP contribution is -2.36. The van der Waals surface area contributed by atoms with Crippen molar-refractivity contribution < 1.29 is 28.8 Å². The molecule has 4 aromatic rings. The Balaban J connectivity index is 1.11. The SMILES string of the molecule is Oc1cc(-c2nn(C3CCCCO3)c3ccc(OCCOCCCOCc4ccccc4)cc23)cc(N2CCOCC2)c1. The van der Waals surface area contributed by atoms with Gasteiger partial charge in [0.25, 0.3) is 0 Å². The summed E-state index contributed by atoms with van der Waals surface area (Å²) in [5.74, 6) is 0.965. The lowest BCUT2D eigenvalue weighted by atomic mass is 10.1. The molecular weight excluding hydrogens is 546 g/mol. The maximum Gasteiger partial charge on any atom is 0.150 e. The molecule has 2 fully saturated rings. The Labute approximate surface area is 252 Å². The minimum absolute atomic E-state index is 0.113. The first-order valence-corrected chi connectivity index (χ1v) is 15.4. The number of aromatic nitrogens is 2. The van der Waals surface area contributed by atoms with Gasteiger partial charge < -0.3 is 33.7 Å². The van der Waals surface area contributed by atoms with Crippen LogP contribution in [0.15, 0.2) is 66.7 Å². The fourth-order valence-electron chi connectivity index (χ4n) is 5.64. The summed E-state index contributed by atoms with van der Waals surface area (Å²) in [7, 11) is 0. The van der Waals surface area contributed by atoms with Gasteiger partial charge in [0.1, 0.15) is 23.8 Å². The van der Waals surface area contributed by atoms with Crippen LogP contribution in [0.1, 0.15) is 37.5 Å². The molecule has 1 atom stereocenters. The van der Waals surface area contributed by atoms with Gasteiger partial charge in [-0.05, 0) is 61.6 Å². The van der Waals surface area contributed by atoms with E-state index in [1.165, 1.54) is 5.56 Å². The topological polar surface area (TPSA) is 87.4 Å². The van der Waals surface area contributed by atoms with E-state index in [4.69, 9.17) is 28.8 Å². The van der Waals surface area contributed by atoms with Crippen LogP contribution in [-0.2, 0) is 25.6 Å². The van der Waals surface area contributed by atoms with Crippen LogP contribution in [0.2, 0.25) is 0 Å². The van der Waals surface area contributed by atoms with Crippen molar-refractivity contribution in [3.05, 3.63) is 72.3 Å². The van der Waals surface area contributed by atoms with Gasteiger partial charge in [-0.1, -0.05) is 30.3 Å². The number of phenolic OH excluding ortho intramolecular Hbond substituents is 1. The molecule has 3 aromatic carbocycles. The van der Waals surface area contributed by atoms with Gasteiger partial charge in [0, 0.05) is 55.6 Å². The standard InChI is InChI=1S/C34H41N3O6/c38-29-22-27(21-28(23-29)36-12-17-40-18-13-36)34-31-24-30(10-11-32(31)37(35-34)33-9-4-5-16-43-33)42-20-19-39-14-6-15-41-25-26-7-2-1-3-8-26/h1-3,7-8,10-11,21-24,33,38H,4-6,9,12-20,25H2. The van der Waals surface area contributed by atoms with Crippen LogP contribution in [0, 0.1) is 0 Å². The quantitative estimate of drug-likeness (QED) is 0.192. The summed E-state index contributed by atoms with van der Waals surface area (Å²) in [5.41, 5.74) is 4.78. The highest BCUT2D eigenvalue weighted by molar-refractivity contribution is 5.95. The Morgan fingerprint density at radius 2 is 1.72 bits per heavy atom. The first kappa shape index (κ1) is 29.4. The molecule has 0 aliphatic carbocycles. The fraction of sp³-hybridized carbons (Fsp3) is 0.441. The van der Waals surface area contributed by atoms with Crippen molar-refractivity contribution in [1.29, 1.82) is 0 Å². The van der Waals surface area contributed by atoms with Gasteiger partial charge >= 0.3 is 0 Å². The molecule has 43 heavy (non-hydrogen) atoms. The highest BCUT2D eigenvalue weighted by Gasteiger charge is 2.23. The number of nitrogens with zero attached hydrogens (tertiary/aromatic N) is 3. The number of ether oxygens (including phenoxy) is 5. The molecule has 2 aliphatic rings. The summed E-state index contributed by atoms with van der Waals surface area (Å²) in [4.78, 5) is 2.24. The van der Waals surface area contributed by atoms with Crippen LogP contribution in [0.25, 0.3) is 22.2 Å². The Morgan fingerprint density at radius 1 is 0.860 bits per heavy atom. The fourth-order valence-corrected chi connectivity index (χ4v) is 5.64. The maximum absolute atomic E-state index is 10.7. The third-order valence-electron chi connectivity index (χ3n) is 7.84. The molecule has 228 valence electrons. The number of hydrogen-bond acceptors (Lipinski definition) is 8. The molecule has 1 N–H and O–H groups in total. The average Bonchev–Trinajstić information content (AvgIpc) is 3.44. The van der Waals surface area contributed by atoms with Gasteiger partial charge in [-0.3, -0.25) is 0 Å². The smallest absolute Gasteiger partial charge is 0.150 e. The first-order chi connectivity index (χ1) is 21.2. The van der Waals surface area contributed by atoms with Gasteiger partial charge in [-0.25, -0.2) is 4.68 Å². The van der Waals surface area contributed by atoms with Crippen molar-refractivity contribution in [1.82, 2.24) is 9.78 Å². The number of hydrogen-bond donors (Lipinski definition) is 1. The number of aromatic hydroxyl groups is 1. The van der Waals surface area contributed by atoms with Crippen molar-refractivity contribution in [2.45, 2.75) is 38.5 Å². The summed E-state index contributed by atoms with van der Waals surface area (Å²) in [6.45, 7) is 6.49. The minimum atomic E-state index is -0.113. The van der Waals surface area contributed by atoms with Crippen LogP contribution in [-0.4, -0.2) is 74.2 Å². The number of phenols is 1. The third-order valence-corrected chi connectivity index (χ3v) is 7.84. The third kappa shape index (κ3) is 7.67. The molecule has 0 bridgehead atoms. The van der Waals surface area contributed by atoms with E-state index in [1.54, 1.807) is 6.07 Å². The summed E-state index contributed by atoms with van der Waals surface area (Å²) in [6.07, 6.45) is 3.81. The highest BCUT2D eigenvalue weighted by atomic mass is 16.5. The average molecular weight is 588 g/mol. The van der Waals surface area contributed by atoms with Gasteiger partial charge in [-0.15, -0.1) is 0 Å². The molecule has 0 amide bonds. The van der Waals surface area contributed by atoms with E-state index in [1.807, 2.05) is 41.1 Å². The number of fused-ring (bicyclic) bond motifs is 1. The lowest BCUT2D eigenvalue weighted by Gasteiger charge is -2.29. The van der Waals surface area contributed by atoms with Crippen molar-refractivity contribution in [2.75, 3.05) is 64.2 Å². The lowest BCUT2D eigenvalue weighted by molar-refractivity contribution is -0.0365. The Kier molecular flexibility index (Phi) is 10.1. The number of benzene rings is 3. The zero-order chi connectivity index (χ0) is 29.3. The summed E-state index contributed by atoms with van der Waals surface area (Å²) >= 11 is 0. The van der Waals surface area contributed by atoms with Crippen molar-refractivity contribution in [2.24, 2.45) is 0 Å². The minimum Gasteiger partial charge on any atom is -0.508 e. The number of morpholine rings is 1. The van der Waals surface area contributed by atoms with E-state index in [9.17, 15) is 5.11 Å². The molecule has 1 aromatic heterocycles. The van der Waals surface area contributed by atoms with Crippen LogP contribution in [0.3, 0.4) is 0 Å². The van der Waals surface area contributed by atoms with Crippen LogP contribution < -0.4 is 9.64 Å². The van der Waals surface area contributed by atoms with Crippen LogP contribution in [0.4, 0.5) is 5.69 Å². The van der Waals surface area contributed by atoms with E-state index >= 15 is 0 Å². The van der Waals surface area contributed by atoms with Crippen molar-refractivity contribution in [3.63, 3.8) is 0 Å². The first-order valence-electron chi connectivity index (χ1n) is 15.4. The second kappa shape index (κ2) is 14.7. The molecule has 0 saturated carbocycles. The number of anilines is 1. The molecule has 1 unspecified atom stereocenters. The van der Waals surface area contributed by atoms with E-state index in [-0.39, 0.29) is 12.0 Å². The summed E-state index contributed by atoms with van der Waals surface area (Å²) < 4.78 is 31.2. The molecule has 0 radical (unpaired) electrons. The largest absolute Gasteiger partial charge is 0.508 e. The highest BCUT2D eigenvalue weighted by Crippen LogP contribution is 2.37. The van der Waals surface area contributed by atoms with E-state index < -0.39 is 0 Å². The predicted octanol–water partition coefficient (Wildman–Crippen LogP) is 5.95. The normalized spacial score (nSPS) is 17.4. The van der Waals surface area contributed by atoms with Crippen LogP contribution in [0.5, 0.6) is 11.5 Å². The predicted molar refractivity (Wildman–Crippen MR) is 166 cm³/mol. The molecule has 2 aliphatic heterocycles. The molecule has 3 heterocycles. The molecule has 6 rings (SSSR count). The maximum atomic E-state index is 10.7. The van der Waals surface area contributed by atoms with E-state index in [0.717, 1.165) is 79.0 Å². The van der Waals surface area contributed by atoms with Gasteiger partial charge in [0.05, 0.1) is 31.9 Å². The zero-order valence-electron chi connectivity index (χ0n) is 24.7. The molecular formula is C34H41N3O6. The second-order valence-electron chi connectivity index (χ2n) is 11.0. The van der Waals surface area contributed by atoms with Crippen molar-refractivity contribution in [3.8, 4) is 22.8 Å². The zero-order valence-corrected chi connectivity index (χ0v) is 24.7.